The standard InChI is InChI=1S/C24H30N6O/c1-31-22-14-8-7-13-21(22)23(24-25-26-27-30(24)20-11-5-6-12-20)29-17-15-28(16-18-29)19-9-3-2-4-10-19/h2-4,7-10,13-14,20,23H,5-6,11-12,15-18H2,1H3/t23-/m0/s1. The summed E-state index contributed by atoms with van der Waals surface area (Å²) in [5.74, 6) is 1.82. The molecule has 0 unspecified atom stereocenters. The van der Waals surface area contributed by atoms with E-state index in [2.05, 4.69) is 72.5 Å². The van der Waals surface area contributed by atoms with E-state index in [9.17, 15) is 0 Å². The van der Waals surface area contributed by atoms with Gasteiger partial charge in [-0.25, -0.2) is 4.68 Å². The largest absolute Gasteiger partial charge is 0.496 e. The van der Waals surface area contributed by atoms with Crippen molar-refractivity contribution in [3.05, 3.63) is 66.0 Å². The van der Waals surface area contributed by atoms with Gasteiger partial charge in [0, 0.05) is 37.4 Å². The van der Waals surface area contributed by atoms with Crippen molar-refractivity contribution < 1.29 is 4.74 Å². The number of hydrogen-bond acceptors (Lipinski definition) is 6. The third-order valence-electron chi connectivity index (χ3n) is 6.67. The molecule has 0 amide bonds. The number of tetrazole rings is 1. The Morgan fingerprint density at radius 3 is 2.35 bits per heavy atom. The second kappa shape index (κ2) is 9.06. The Kier molecular flexibility index (Phi) is 5.84. The molecule has 0 radical (unpaired) electrons. The van der Waals surface area contributed by atoms with E-state index in [4.69, 9.17) is 4.74 Å². The van der Waals surface area contributed by atoms with Crippen molar-refractivity contribution >= 4 is 5.69 Å². The summed E-state index contributed by atoms with van der Waals surface area (Å²) in [4.78, 5) is 4.96. The van der Waals surface area contributed by atoms with Crippen LogP contribution in [0.3, 0.4) is 0 Å². The molecule has 7 heteroatoms. The maximum absolute atomic E-state index is 5.76. The molecular weight excluding hydrogens is 388 g/mol. The van der Waals surface area contributed by atoms with Crippen LogP contribution in [0.4, 0.5) is 5.69 Å². The van der Waals surface area contributed by atoms with E-state index < -0.39 is 0 Å². The first-order valence-corrected chi connectivity index (χ1v) is 11.3. The van der Waals surface area contributed by atoms with Gasteiger partial charge < -0.3 is 9.64 Å². The molecule has 2 heterocycles. The minimum Gasteiger partial charge on any atom is -0.496 e. The van der Waals surface area contributed by atoms with E-state index in [-0.39, 0.29) is 6.04 Å². The maximum Gasteiger partial charge on any atom is 0.173 e. The second-order valence-corrected chi connectivity index (χ2v) is 8.42. The van der Waals surface area contributed by atoms with Crippen LogP contribution in [-0.2, 0) is 0 Å². The molecule has 5 rings (SSSR count). The van der Waals surface area contributed by atoms with E-state index in [1.54, 1.807) is 7.11 Å². The summed E-state index contributed by atoms with van der Waals surface area (Å²) in [5.41, 5.74) is 2.42. The molecule has 1 saturated heterocycles. The molecule has 7 nitrogen and oxygen atoms in total. The topological polar surface area (TPSA) is 59.3 Å². The van der Waals surface area contributed by atoms with Crippen LogP contribution >= 0.6 is 0 Å². The minimum atomic E-state index is -0.0235. The summed E-state index contributed by atoms with van der Waals surface area (Å²) in [6.45, 7) is 3.82. The van der Waals surface area contributed by atoms with Gasteiger partial charge in [0.15, 0.2) is 5.82 Å². The molecule has 2 aliphatic rings. The van der Waals surface area contributed by atoms with E-state index >= 15 is 0 Å². The molecule has 2 fully saturated rings. The second-order valence-electron chi connectivity index (χ2n) is 8.42. The van der Waals surface area contributed by atoms with Crippen molar-refractivity contribution in [3.8, 4) is 5.75 Å². The zero-order valence-electron chi connectivity index (χ0n) is 18.1. The van der Waals surface area contributed by atoms with Crippen LogP contribution in [0.1, 0.15) is 49.2 Å². The Hall–Kier alpha value is -2.93. The highest BCUT2D eigenvalue weighted by Crippen LogP contribution is 2.37. The number of nitrogens with zero attached hydrogens (tertiary/aromatic N) is 6. The van der Waals surface area contributed by atoms with Gasteiger partial charge >= 0.3 is 0 Å². The predicted molar refractivity (Wildman–Crippen MR) is 120 cm³/mol. The van der Waals surface area contributed by atoms with Crippen LogP contribution in [0, 0.1) is 0 Å². The van der Waals surface area contributed by atoms with E-state index in [0.29, 0.717) is 6.04 Å². The van der Waals surface area contributed by atoms with Crippen LogP contribution in [0.25, 0.3) is 0 Å². The molecule has 1 atom stereocenters. The summed E-state index contributed by atoms with van der Waals surface area (Å²) in [7, 11) is 1.74. The lowest BCUT2D eigenvalue weighted by Crippen LogP contribution is -2.48. The first kappa shape index (κ1) is 20.0. The Labute approximate surface area is 183 Å². The number of benzene rings is 2. The lowest BCUT2D eigenvalue weighted by Gasteiger charge is -2.40. The SMILES string of the molecule is COc1ccccc1[C@@H](c1nnnn1C1CCCC1)N1CCN(c2ccccc2)CC1. The van der Waals surface area contributed by atoms with Crippen LogP contribution in [0.15, 0.2) is 54.6 Å². The molecule has 1 saturated carbocycles. The number of anilines is 1. The fourth-order valence-corrected chi connectivity index (χ4v) is 5.06. The van der Waals surface area contributed by atoms with Gasteiger partial charge in [0.25, 0.3) is 0 Å². The van der Waals surface area contributed by atoms with Gasteiger partial charge in [-0.05, 0) is 41.5 Å². The molecule has 162 valence electrons. The highest BCUT2D eigenvalue weighted by Gasteiger charge is 2.34. The number of rotatable bonds is 6. The fourth-order valence-electron chi connectivity index (χ4n) is 5.06. The van der Waals surface area contributed by atoms with Crippen LogP contribution in [0.2, 0.25) is 0 Å². The van der Waals surface area contributed by atoms with E-state index in [0.717, 1.165) is 56.2 Å². The van der Waals surface area contributed by atoms with Gasteiger partial charge in [0.2, 0.25) is 0 Å². The van der Waals surface area contributed by atoms with E-state index in [1.807, 2.05) is 12.1 Å². The van der Waals surface area contributed by atoms with Crippen molar-refractivity contribution in [1.29, 1.82) is 0 Å². The van der Waals surface area contributed by atoms with Gasteiger partial charge in [-0.3, -0.25) is 4.90 Å². The monoisotopic (exact) mass is 418 g/mol. The average molecular weight is 419 g/mol. The third-order valence-corrected chi connectivity index (χ3v) is 6.67. The summed E-state index contributed by atoms with van der Waals surface area (Å²) in [5, 5.41) is 13.1. The highest BCUT2D eigenvalue weighted by molar-refractivity contribution is 5.46. The Bertz CT molecular complexity index is 976. The van der Waals surface area contributed by atoms with E-state index in [1.165, 1.54) is 18.5 Å². The van der Waals surface area contributed by atoms with Crippen molar-refractivity contribution in [2.45, 2.75) is 37.8 Å². The van der Waals surface area contributed by atoms with Crippen LogP contribution in [-0.4, -0.2) is 58.4 Å². The van der Waals surface area contributed by atoms with Gasteiger partial charge in [-0.1, -0.05) is 49.2 Å². The number of piperazine rings is 1. The smallest absolute Gasteiger partial charge is 0.173 e. The third kappa shape index (κ3) is 4.02. The number of hydrogen-bond donors (Lipinski definition) is 0. The van der Waals surface area contributed by atoms with Gasteiger partial charge in [0.05, 0.1) is 13.2 Å². The summed E-state index contributed by atoms with van der Waals surface area (Å²) >= 11 is 0. The molecular formula is C24H30N6O. The molecule has 0 spiro atoms. The molecule has 0 N–H and O–H groups in total. The molecule has 1 aliphatic carbocycles. The average Bonchev–Trinajstić information content (AvgIpc) is 3.53. The number of methoxy groups -OCH3 is 1. The molecule has 31 heavy (non-hydrogen) atoms. The Balaban J connectivity index is 1.47. The zero-order chi connectivity index (χ0) is 21.0. The van der Waals surface area contributed by atoms with Crippen molar-refractivity contribution in [1.82, 2.24) is 25.1 Å². The van der Waals surface area contributed by atoms with Crippen molar-refractivity contribution in [3.63, 3.8) is 0 Å². The fraction of sp³-hybridized carbons (Fsp3) is 0.458. The maximum atomic E-state index is 5.76. The Morgan fingerprint density at radius 1 is 0.903 bits per heavy atom. The minimum absolute atomic E-state index is 0.0235. The quantitative estimate of drug-likeness (QED) is 0.608. The number of ether oxygens (including phenoxy) is 1. The summed E-state index contributed by atoms with van der Waals surface area (Å²) < 4.78 is 7.85. The van der Waals surface area contributed by atoms with Gasteiger partial charge in [-0.15, -0.1) is 5.10 Å². The molecule has 2 aromatic carbocycles. The lowest BCUT2D eigenvalue weighted by molar-refractivity contribution is 0.194. The molecule has 3 aromatic rings. The predicted octanol–water partition coefficient (Wildman–Crippen LogP) is 3.71. The molecule has 0 bridgehead atoms. The van der Waals surface area contributed by atoms with Gasteiger partial charge in [0.1, 0.15) is 11.8 Å². The lowest BCUT2D eigenvalue weighted by atomic mass is 10.0. The zero-order valence-corrected chi connectivity index (χ0v) is 18.1. The first-order valence-electron chi connectivity index (χ1n) is 11.3. The highest BCUT2D eigenvalue weighted by atomic mass is 16.5. The normalized spacial score (nSPS) is 18.9. The van der Waals surface area contributed by atoms with Crippen LogP contribution < -0.4 is 9.64 Å². The van der Waals surface area contributed by atoms with Crippen molar-refractivity contribution in [2.75, 3.05) is 38.2 Å². The molecule has 1 aromatic heterocycles. The molecule has 1 aliphatic heterocycles. The summed E-state index contributed by atoms with van der Waals surface area (Å²) in [6, 6.07) is 19.3. The number of para-hydroxylation sites is 2. The summed E-state index contributed by atoms with van der Waals surface area (Å²) in [6.07, 6.45) is 4.80. The van der Waals surface area contributed by atoms with Crippen molar-refractivity contribution in [2.24, 2.45) is 0 Å². The number of aromatic nitrogens is 4. The Morgan fingerprint density at radius 2 is 1.61 bits per heavy atom. The van der Waals surface area contributed by atoms with Crippen LogP contribution in [0.5, 0.6) is 5.75 Å². The first-order chi connectivity index (χ1) is 15.3. The van der Waals surface area contributed by atoms with Gasteiger partial charge in [-0.2, -0.15) is 0 Å².